The van der Waals surface area contributed by atoms with E-state index >= 15 is 0 Å². The number of hydrogen-bond donors (Lipinski definition) is 1. The lowest BCUT2D eigenvalue weighted by atomic mass is 9.92. The molecule has 3 aliphatic rings. The van der Waals surface area contributed by atoms with Gasteiger partial charge < -0.3 is 33.9 Å². The van der Waals surface area contributed by atoms with E-state index < -0.39 is 6.23 Å². The van der Waals surface area contributed by atoms with E-state index in [0.717, 1.165) is 11.8 Å². The average Bonchev–Trinajstić information content (AvgIpc) is 3.38. The number of fused-ring (bicyclic) bond motifs is 4. The number of methoxy groups -OCH3 is 2. The number of aromatic nitrogens is 1. The van der Waals surface area contributed by atoms with Crippen LogP contribution in [0.2, 0.25) is 0 Å². The summed E-state index contributed by atoms with van der Waals surface area (Å²) in [6, 6.07) is 28.4. The number of carbonyl (C=O) groups is 2. The lowest BCUT2D eigenvalue weighted by molar-refractivity contribution is 0.0460. The van der Waals surface area contributed by atoms with Gasteiger partial charge >= 0.3 is 0 Å². The minimum absolute atomic E-state index is 0.0942. The van der Waals surface area contributed by atoms with Crippen LogP contribution in [0.4, 0.5) is 11.4 Å². The Bertz CT molecular complexity index is 2400. The summed E-state index contributed by atoms with van der Waals surface area (Å²) in [7, 11) is 5.09. The number of aliphatic imine (C=N–C) groups is 1. The first kappa shape index (κ1) is 39.6. The molecule has 0 saturated heterocycles. The summed E-state index contributed by atoms with van der Waals surface area (Å²) in [5.41, 5.74) is 8.01. The number of nitrogens with zero attached hydrogens (tertiary/aromatic N) is 5. The lowest BCUT2D eigenvalue weighted by Gasteiger charge is -2.44. The van der Waals surface area contributed by atoms with E-state index in [0.29, 0.717) is 82.8 Å². The molecule has 3 atom stereocenters. The highest BCUT2D eigenvalue weighted by molar-refractivity contribution is 6.03. The van der Waals surface area contributed by atoms with Crippen molar-refractivity contribution in [3.05, 3.63) is 136 Å². The van der Waals surface area contributed by atoms with Crippen molar-refractivity contribution >= 4 is 29.8 Å². The van der Waals surface area contributed by atoms with Crippen LogP contribution in [0.1, 0.15) is 68.2 Å². The summed E-state index contributed by atoms with van der Waals surface area (Å²) in [6.45, 7) is 5.43. The number of hydrogen-bond acceptors (Lipinski definition) is 11. The Morgan fingerprint density at radius 1 is 0.797 bits per heavy atom. The van der Waals surface area contributed by atoms with Crippen LogP contribution in [0.25, 0.3) is 0 Å². The molecule has 3 aliphatic heterocycles. The minimum Gasteiger partial charge on any atom is -0.493 e. The third kappa shape index (κ3) is 7.98. The van der Waals surface area contributed by atoms with E-state index in [-0.39, 0.29) is 37.2 Å². The molecule has 1 N–H and O–H groups in total. The van der Waals surface area contributed by atoms with E-state index in [9.17, 15) is 14.7 Å². The van der Waals surface area contributed by atoms with Crippen LogP contribution in [-0.4, -0.2) is 83.9 Å². The topological polar surface area (TPSA) is 126 Å². The molecule has 4 heterocycles. The van der Waals surface area contributed by atoms with Crippen molar-refractivity contribution in [3.63, 3.8) is 0 Å². The van der Waals surface area contributed by atoms with Gasteiger partial charge in [-0.2, -0.15) is 0 Å². The molecule has 0 fully saturated rings. The Balaban J connectivity index is 0.984. The van der Waals surface area contributed by atoms with Gasteiger partial charge in [0.15, 0.2) is 29.3 Å². The first-order chi connectivity index (χ1) is 28.6. The fourth-order valence-corrected chi connectivity index (χ4v) is 8.39. The van der Waals surface area contributed by atoms with Gasteiger partial charge in [-0.05, 0) is 80.3 Å². The summed E-state index contributed by atoms with van der Waals surface area (Å²) in [4.78, 5) is 41.8. The molecule has 59 heavy (non-hydrogen) atoms. The highest BCUT2D eigenvalue weighted by Gasteiger charge is 2.36. The van der Waals surface area contributed by atoms with Gasteiger partial charge in [0, 0.05) is 43.0 Å². The van der Waals surface area contributed by atoms with Gasteiger partial charge in [0.05, 0.1) is 54.6 Å². The number of ether oxygens (including phenoxy) is 4. The molecule has 0 saturated carbocycles. The summed E-state index contributed by atoms with van der Waals surface area (Å²) < 4.78 is 24.0. The number of pyridine rings is 1. The Morgan fingerprint density at radius 3 is 2.05 bits per heavy atom. The van der Waals surface area contributed by atoms with Gasteiger partial charge in [-0.15, -0.1) is 0 Å². The quantitative estimate of drug-likeness (QED) is 0.0990. The number of amides is 1. The smallest absolute Gasteiger partial charge is 0.257 e. The molecule has 8 rings (SSSR count). The van der Waals surface area contributed by atoms with Gasteiger partial charge in [0.2, 0.25) is 0 Å². The van der Waals surface area contributed by atoms with E-state index in [1.54, 1.807) is 31.4 Å². The molecule has 4 aromatic carbocycles. The van der Waals surface area contributed by atoms with Gasteiger partial charge in [0.25, 0.3) is 5.91 Å². The molecule has 0 spiro atoms. The van der Waals surface area contributed by atoms with Gasteiger partial charge in [0.1, 0.15) is 19.4 Å². The Hall–Kier alpha value is -6.24. The second-order valence-corrected chi connectivity index (χ2v) is 15.5. The Morgan fingerprint density at radius 2 is 1.41 bits per heavy atom. The highest BCUT2D eigenvalue weighted by Crippen LogP contribution is 2.40. The number of aldehydes is 1. The van der Waals surface area contributed by atoms with E-state index in [2.05, 4.69) is 29.2 Å². The summed E-state index contributed by atoms with van der Waals surface area (Å²) >= 11 is 0. The van der Waals surface area contributed by atoms with Crippen LogP contribution in [0, 0.1) is 0 Å². The number of aliphatic hydroxyl groups excluding tert-OH is 1. The molecule has 12 nitrogen and oxygen atoms in total. The van der Waals surface area contributed by atoms with Crippen LogP contribution in [0.3, 0.4) is 0 Å². The summed E-state index contributed by atoms with van der Waals surface area (Å²) in [5.74, 6) is 1.55. The zero-order chi connectivity index (χ0) is 41.2. The monoisotopic (exact) mass is 795 g/mol. The van der Waals surface area contributed by atoms with Crippen molar-refractivity contribution in [3.8, 4) is 23.0 Å². The van der Waals surface area contributed by atoms with Crippen molar-refractivity contribution in [1.29, 1.82) is 0 Å². The molecule has 0 aliphatic carbocycles. The van der Waals surface area contributed by atoms with Gasteiger partial charge in [-0.25, -0.2) is 0 Å². The molecular formula is C47H49N5O7. The van der Waals surface area contributed by atoms with Crippen molar-refractivity contribution in [1.82, 2.24) is 14.8 Å². The van der Waals surface area contributed by atoms with E-state index in [4.69, 9.17) is 28.9 Å². The maximum absolute atomic E-state index is 13.8. The molecule has 1 amide bonds. The normalized spacial score (nSPS) is 17.5. The second kappa shape index (κ2) is 16.9. The van der Waals surface area contributed by atoms with Crippen LogP contribution >= 0.6 is 0 Å². The van der Waals surface area contributed by atoms with Crippen LogP contribution in [0.15, 0.2) is 96.0 Å². The van der Waals surface area contributed by atoms with Crippen molar-refractivity contribution in [2.75, 3.05) is 26.2 Å². The first-order valence-electron chi connectivity index (χ1n) is 19.9. The number of likely N-dealkylation sites (N-methyl/N-ethyl adjacent to an activating group) is 1. The molecule has 3 unspecified atom stereocenters. The maximum atomic E-state index is 13.8. The average molecular weight is 796 g/mol. The van der Waals surface area contributed by atoms with Crippen LogP contribution in [0.5, 0.6) is 23.0 Å². The van der Waals surface area contributed by atoms with Crippen LogP contribution in [-0.2, 0) is 39.1 Å². The van der Waals surface area contributed by atoms with Crippen LogP contribution < -0.4 is 23.8 Å². The standard InChI is InChI=1S/C47H49N5O7/c1-29(2)52(47(55)41-18-31-12-7-8-13-32(31)24-50(41)3)40-22-45(42(56-4)19-34(40)26-53)59-28-36-16-10-15-35(49-36)27-58-44-21-39-38(20-43(44)57-5)46(54)51-25-33-14-9-6-11-30(33)17-37(51)23-48-39/h6-16,19-23,26,29,37,41,47,55H,17-18,24-25,27-28H2,1-5H3. The SMILES string of the molecule is COc1cc2c(cc1OCc1cccc(COc3cc(N(C(C)C)C(O)C4Cc5ccccc5CN4C)c(C=O)cc3OC)n1)N=CC1Cc3ccccc3CN1C2=O. The minimum atomic E-state index is -0.919. The zero-order valence-electron chi connectivity index (χ0n) is 34.0. The molecule has 5 aromatic rings. The fourth-order valence-electron chi connectivity index (χ4n) is 8.39. The summed E-state index contributed by atoms with van der Waals surface area (Å²) in [5, 5.41) is 12.0. The van der Waals surface area contributed by atoms with Gasteiger partial charge in [-0.3, -0.25) is 24.5 Å². The number of carbonyl (C=O) groups excluding carboxylic acids is 2. The maximum Gasteiger partial charge on any atom is 0.257 e. The number of benzene rings is 4. The summed E-state index contributed by atoms with van der Waals surface area (Å²) in [6.07, 6.45) is 3.08. The van der Waals surface area contributed by atoms with Crippen molar-refractivity contribution in [2.24, 2.45) is 4.99 Å². The van der Waals surface area contributed by atoms with E-state index in [1.165, 1.54) is 23.8 Å². The molecule has 1 aromatic heterocycles. The van der Waals surface area contributed by atoms with E-state index in [1.807, 2.05) is 79.4 Å². The third-order valence-electron chi connectivity index (χ3n) is 11.5. The number of rotatable bonds is 13. The molecule has 304 valence electrons. The zero-order valence-corrected chi connectivity index (χ0v) is 34.0. The second-order valence-electron chi connectivity index (χ2n) is 15.5. The highest BCUT2D eigenvalue weighted by atomic mass is 16.5. The lowest BCUT2D eigenvalue weighted by Crippen LogP contribution is -2.55. The molecule has 0 bridgehead atoms. The predicted molar refractivity (Wildman–Crippen MR) is 225 cm³/mol. The number of aliphatic hydroxyl groups is 1. The predicted octanol–water partition coefficient (Wildman–Crippen LogP) is 6.94. The number of anilines is 1. The van der Waals surface area contributed by atoms with Gasteiger partial charge in [-0.1, -0.05) is 54.6 Å². The Labute approximate surface area is 344 Å². The Kier molecular flexibility index (Phi) is 11.4. The third-order valence-corrected chi connectivity index (χ3v) is 11.5. The largest absolute Gasteiger partial charge is 0.493 e. The van der Waals surface area contributed by atoms with Crippen molar-refractivity contribution in [2.45, 2.75) is 77.3 Å². The first-order valence-corrected chi connectivity index (χ1v) is 19.9. The molecular weight excluding hydrogens is 747 g/mol. The van der Waals surface area contributed by atoms with Crippen molar-refractivity contribution < 1.29 is 33.6 Å². The molecule has 0 radical (unpaired) electrons. The fraction of sp³-hybridized carbons (Fsp3) is 0.319. The molecule has 12 heteroatoms.